The lowest BCUT2D eigenvalue weighted by Gasteiger charge is -2.06. The van der Waals surface area contributed by atoms with Crippen LogP contribution in [0.3, 0.4) is 0 Å². The Labute approximate surface area is 170 Å². The number of benzene rings is 2. The van der Waals surface area contributed by atoms with Gasteiger partial charge in [0.1, 0.15) is 11.6 Å². The monoisotopic (exact) mass is 414 g/mol. The number of primary amides is 1. The molecule has 0 bridgehead atoms. The van der Waals surface area contributed by atoms with Crippen molar-refractivity contribution in [3.8, 4) is 17.0 Å². The van der Waals surface area contributed by atoms with Crippen LogP contribution in [0.4, 0.5) is 4.39 Å². The van der Waals surface area contributed by atoms with Gasteiger partial charge in [0.05, 0.1) is 30.6 Å². The average molecular weight is 414 g/mol. The summed E-state index contributed by atoms with van der Waals surface area (Å²) in [5, 5.41) is 16.1. The zero-order valence-electron chi connectivity index (χ0n) is 15.6. The number of hydrogen-bond donors (Lipinski definition) is 2. The summed E-state index contributed by atoms with van der Waals surface area (Å²) in [5.41, 5.74) is 7.19. The number of carbonyl (C=O) groups excluding carboxylic acids is 1. The van der Waals surface area contributed by atoms with E-state index in [0.717, 1.165) is 0 Å². The lowest BCUT2D eigenvalue weighted by atomic mass is 10.1. The maximum atomic E-state index is 13.5. The molecule has 3 rings (SSSR count). The zero-order chi connectivity index (χ0) is 20.8. The highest BCUT2D eigenvalue weighted by molar-refractivity contribution is 7.07. The Morgan fingerprint density at radius 2 is 2.17 bits per heavy atom. The number of aromatic nitrogens is 1. The molecule has 0 aliphatic rings. The van der Waals surface area contributed by atoms with Gasteiger partial charge in [-0.2, -0.15) is 5.10 Å². The van der Waals surface area contributed by atoms with Gasteiger partial charge in [-0.3, -0.25) is 9.79 Å². The van der Waals surface area contributed by atoms with E-state index in [1.165, 1.54) is 41.8 Å². The van der Waals surface area contributed by atoms with E-state index in [9.17, 15) is 14.3 Å². The van der Waals surface area contributed by atoms with Crippen molar-refractivity contribution in [2.75, 3.05) is 20.3 Å². The number of amides is 1. The molecule has 1 aromatic heterocycles. The first-order chi connectivity index (χ1) is 14.0. The molecule has 7 nitrogen and oxygen atoms in total. The van der Waals surface area contributed by atoms with E-state index in [-0.39, 0.29) is 17.1 Å². The summed E-state index contributed by atoms with van der Waals surface area (Å²) in [6, 6.07) is 10.6. The van der Waals surface area contributed by atoms with Crippen molar-refractivity contribution in [2.45, 2.75) is 0 Å². The molecular weight excluding hydrogens is 395 g/mol. The smallest absolute Gasteiger partial charge is 0.252 e. The Morgan fingerprint density at radius 1 is 1.34 bits per heavy atom. The summed E-state index contributed by atoms with van der Waals surface area (Å²) >= 11 is 1.35. The predicted octanol–water partition coefficient (Wildman–Crippen LogP) is 2.59. The Kier molecular flexibility index (Phi) is 6.53. The van der Waals surface area contributed by atoms with Gasteiger partial charge in [0.2, 0.25) is 4.80 Å². The number of thiazole rings is 1. The molecule has 0 unspecified atom stereocenters. The first kappa shape index (κ1) is 20.4. The summed E-state index contributed by atoms with van der Waals surface area (Å²) in [6.45, 7) is 0.889. The number of halogens is 1. The third-order valence-electron chi connectivity index (χ3n) is 3.96. The molecule has 1 amide bonds. The molecule has 0 atom stereocenters. The van der Waals surface area contributed by atoms with E-state index in [1.54, 1.807) is 30.0 Å². The predicted molar refractivity (Wildman–Crippen MR) is 110 cm³/mol. The lowest BCUT2D eigenvalue weighted by Crippen LogP contribution is -2.14. The topological polar surface area (TPSA) is 102 Å². The summed E-state index contributed by atoms with van der Waals surface area (Å²) in [4.78, 5) is 16.6. The van der Waals surface area contributed by atoms with Gasteiger partial charge >= 0.3 is 0 Å². The molecule has 0 fully saturated rings. The number of nitrogens with zero attached hydrogens (tertiary/aromatic N) is 3. The summed E-state index contributed by atoms with van der Waals surface area (Å²) in [5.74, 6) is -1.30. The SMILES string of the molecule is COCCN=c1scc(-c2ccc(O)c(C(N)=O)c2)n1/N=C\c1cccc(F)c1. The number of hydrogen-bond acceptors (Lipinski definition) is 6. The van der Waals surface area contributed by atoms with Gasteiger partial charge in [0.25, 0.3) is 5.91 Å². The van der Waals surface area contributed by atoms with E-state index in [1.807, 2.05) is 5.38 Å². The van der Waals surface area contributed by atoms with Crippen molar-refractivity contribution in [3.05, 3.63) is 69.6 Å². The first-order valence-electron chi connectivity index (χ1n) is 8.62. The van der Waals surface area contributed by atoms with Crippen molar-refractivity contribution in [3.63, 3.8) is 0 Å². The van der Waals surface area contributed by atoms with Crippen LogP contribution in [0.5, 0.6) is 5.75 Å². The van der Waals surface area contributed by atoms with Gasteiger partial charge in [0.15, 0.2) is 0 Å². The standard InChI is InChI=1S/C20H19FN4O3S/c1-28-8-7-23-20-25(24-11-13-3-2-4-15(21)9-13)17(12-29-20)14-5-6-18(26)16(10-14)19(22)27/h2-6,9-12,26H,7-8H2,1H3,(H2,22,27)/b23-20?,24-11-. The highest BCUT2D eigenvalue weighted by atomic mass is 32.1. The number of ether oxygens (including phenoxy) is 1. The molecule has 29 heavy (non-hydrogen) atoms. The van der Waals surface area contributed by atoms with E-state index < -0.39 is 5.91 Å². The minimum absolute atomic E-state index is 0.00670. The van der Waals surface area contributed by atoms with Gasteiger partial charge in [-0.05, 0) is 35.9 Å². The van der Waals surface area contributed by atoms with Crippen molar-refractivity contribution in [2.24, 2.45) is 15.8 Å². The molecule has 0 saturated heterocycles. The Hall–Kier alpha value is -3.30. The molecule has 0 spiro atoms. The molecule has 1 heterocycles. The normalized spacial score (nSPS) is 12.0. The number of methoxy groups -OCH3 is 1. The minimum Gasteiger partial charge on any atom is -0.507 e. The van der Waals surface area contributed by atoms with Crippen LogP contribution in [0.25, 0.3) is 11.3 Å². The molecule has 0 aliphatic heterocycles. The van der Waals surface area contributed by atoms with Crippen LogP contribution in [0.15, 0.2) is 57.9 Å². The minimum atomic E-state index is -0.737. The van der Waals surface area contributed by atoms with Crippen molar-refractivity contribution in [1.29, 1.82) is 0 Å². The number of aromatic hydroxyl groups is 1. The first-order valence-corrected chi connectivity index (χ1v) is 9.50. The van der Waals surface area contributed by atoms with Crippen LogP contribution < -0.4 is 10.5 Å². The molecule has 150 valence electrons. The second-order valence-corrected chi connectivity index (χ2v) is 6.82. The van der Waals surface area contributed by atoms with E-state index in [0.29, 0.717) is 34.8 Å². The van der Waals surface area contributed by atoms with Crippen molar-refractivity contribution in [1.82, 2.24) is 4.68 Å². The van der Waals surface area contributed by atoms with Crippen molar-refractivity contribution < 1.29 is 19.0 Å². The Morgan fingerprint density at radius 3 is 2.90 bits per heavy atom. The number of carbonyl (C=O) groups is 1. The van der Waals surface area contributed by atoms with Crippen LogP contribution in [0.2, 0.25) is 0 Å². The largest absolute Gasteiger partial charge is 0.507 e. The molecule has 0 radical (unpaired) electrons. The molecule has 9 heteroatoms. The summed E-state index contributed by atoms with van der Waals surface area (Å²) < 4.78 is 20.1. The van der Waals surface area contributed by atoms with Crippen LogP contribution in [0, 0.1) is 5.82 Å². The Bertz CT molecular complexity index is 1120. The van der Waals surface area contributed by atoms with Crippen LogP contribution in [-0.4, -0.2) is 42.2 Å². The number of nitrogens with two attached hydrogens (primary N) is 1. The highest BCUT2D eigenvalue weighted by Crippen LogP contribution is 2.26. The van der Waals surface area contributed by atoms with Crippen LogP contribution in [0.1, 0.15) is 15.9 Å². The fraction of sp³-hybridized carbons (Fsp3) is 0.150. The maximum Gasteiger partial charge on any atom is 0.252 e. The van der Waals surface area contributed by atoms with Gasteiger partial charge in [0, 0.05) is 18.1 Å². The molecule has 2 aromatic carbocycles. The molecule has 3 N–H and O–H groups in total. The molecule has 0 saturated carbocycles. The van der Waals surface area contributed by atoms with Crippen molar-refractivity contribution >= 4 is 23.5 Å². The van der Waals surface area contributed by atoms with Crippen LogP contribution in [-0.2, 0) is 4.74 Å². The van der Waals surface area contributed by atoms with Gasteiger partial charge in [-0.15, -0.1) is 11.3 Å². The third kappa shape index (κ3) is 4.95. The highest BCUT2D eigenvalue weighted by Gasteiger charge is 2.13. The second-order valence-electron chi connectivity index (χ2n) is 5.99. The van der Waals surface area contributed by atoms with Gasteiger partial charge in [-0.25, -0.2) is 9.07 Å². The Balaban J connectivity index is 2.09. The van der Waals surface area contributed by atoms with E-state index >= 15 is 0 Å². The fourth-order valence-corrected chi connectivity index (χ4v) is 3.42. The molecule has 0 aliphatic carbocycles. The van der Waals surface area contributed by atoms with E-state index in [4.69, 9.17) is 10.5 Å². The summed E-state index contributed by atoms with van der Waals surface area (Å²) in [7, 11) is 1.59. The fourth-order valence-electron chi connectivity index (χ4n) is 2.55. The number of phenols is 1. The quantitative estimate of drug-likeness (QED) is 0.459. The zero-order valence-corrected chi connectivity index (χ0v) is 16.4. The molecule has 3 aromatic rings. The summed E-state index contributed by atoms with van der Waals surface area (Å²) in [6.07, 6.45) is 1.52. The maximum absolute atomic E-state index is 13.5. The van der Waals surface area contributed by atoms with E-state index in [2.05, 4.69) is 10.1 Å². The van der Waals surface area contributed by atoms with Gasteiger partial charge in [-0.1, -0.05) is 12.1 Å². The van der Waals surface area contributed by atoms with Crippen LogP contribution >= 0.6 is 11.3 Å². The lowest BCUT2D eigenvalue weighted by molar-refractivity contribution is 0.0998. The number of rotatable bonds is 7. The average Bonchev–Trinajstić information content (AvgIpc) is 3.09. The third-order valence-corrected chi connectivity index (χ3v) is 4.81. The van der Waals surface area contributed by atoms with Gasteiger partial charge < -0.3 is 15.6 Å². The molecular formula is C20H19FN4O3S. The second kappa shape index (κ2) is 9.26.